The number of nitrogens with one attached hydrogen (secondary N) is 2. The van der Waals surface area contributed by atoms with Gasteiger partial charge in [0.25, 0.3) is 0 Å². The van der Waals surface area contributed by atoms with Crippen LogP contribution in [-0.4, -0.2) is 19.9 Å². The van der Waals surface area contributed by atoms with Crippen LogP contribution in [0.5, 0.6) is 0 Å². The van der Waals surface area contributed by atoms with Crippen molar-refractivity contribution in [1.82, 2.24) is 19.9 Å². The van der Waals surface area contributed by atoms with Gasteiger partial charge < -0.3 is 9.97 Å². The van der Waals surface area contributed by atoms with Gasteiger partial charge in [-0.15, -0.1) is 0 Å². The molecule has 0 spiro atoms. The molecule has 2 aromatic carbocycles. The Bertz CT molecular complexity index is 1000. The molecule has 0 saturated carbocycles. The third-order valence-corrected chi connectivity index (χ3v) is 4.28. The van der Waals surface area contributed by atoms with Crippen LogP contribution < -0.4 is 0 Å². The zero-order valence-corrected chi connectivity index (χ0v) is 13.9. The van der Waals surface area contributed by atoms with Crippen LogP contribution in [0.25, 0.3) is 33.9 Å². The number of benzene rings is 2. The molecular weight excluding hydrogens is 383 g/mol. The fourth-order valence-electron chi connectivity index (χ4n) is 2.40. The van der Waals surface area contributed by atoms with Crippen molar-refractivity contribution in [2.24, 2.45) is 0 Å². The fraction of sp³-hybridized carbons (Fsp3) is 0. The lowest BCUT2D eigenvalue weighted by atomic mass is 10.2. The van der Waals surface area contributed by atoms with E-state index in [1.54, 1.807) is 18.3 Å². The Morgan fingerprint density at radius 3 is 2.78 bits per heavy atom. The summed E-state index contributed by atoms with van der Waals surface area (Å²) in [6.45, 7) is 0. The molecule has 0 aliphatic rings. The number of hydrogen-bond donors (Lipinski definition) is 2. The van der Waals surface area contributed by atoms with E-state index < -0.39 is 5.82 Å². The van der Waals surface area contributed by atoms with Crippen molar-refractivity contribution in [3.8, 4) is 22.9 Å². The van der Waals surface area contributed by atoms with Crippen molar-refractivity contribution in [3.05, 3.63) is 57.9 Å². The molecule has 0 amide bonds. The van der Waals surface area contributed by atoms with Crippen molar-refractivity contribution in [3.63, 3.8) is 0 Å². The lowest BCUT2D eigenvalue weighted by molar-refractivity contribution is 0.630. The minimum absolute atomic E-state index is 0.249. The minimum atomic E-state index is -0.424. The third kappa shape index (κ3) is 2.54. The van der Waals surface area contributed by atoms with Gasteiger partial charge in [-0.1, -0.05) is 33.6 Å². The number of fused-ring (bicyclic) bond motifs is 1. The zero-order valence-electron chi connectivity index (χ0n) is 11.6. The van der Waals surface area contributed by atoms with Crippen molar-refractivity contribution >= 4 is 38.6 Å². The predicted molar refractivity (Wildman–Crippen MR) is 91.8 cm³/mol. The fourth-order valence-corrected chi connectivity index (χ4v) is 3.02. The number of aromatic amines is 2. The highest BCUT2D eigenvalue weighted by molar-refractivity contribution is 9.10. The summed E-state index contributed by atoms with van der Waals surface area (Å²) in [5.41, 5.74) is 2.64. The molecule has 4 nitrogen and oxygen atoms in total. The molecule has 2 heterocycles. The molecule has 0 saturated heterocycles. The average Bonchev–Trinajstić information content (AvgIpc) is 3.13. The van der Waals surface area contributed by atoms with E-state index in [0.29, 0.717) is 22.4 Å². The monoisotopic (exact) mass is 390 g/mol. The summed E-state index contributed by atoms with van der Waals surface area (Å²) >= 11 is 9.50. The third-order valence-electron chi connectivity index (χ3n) is 3.47. The number of rotatable bonds is 2. The van der Waals surface area contributed by atoms with Crippen LogP contribution in [0.2, 0.25) is 5.02 Å². The van der Waals surface area contributed by atoms with Gasteiger partial charge in [-0.2, -0.15) is 0 Å². The highest BCUT2D eigenvalue weighted by Gasteiger charge is 2.15. The summed E-state index contributed by atoms with van der Waals surface area (Å²) in [5, 5.41) is 0.305. The first-order valence-corrected chi connectivity index (χ1v) is 7.94. The molecule has 2 N–H and O–H groups in total. The number of halogens is 3. The lowest BCUT2D eigenvalue weighted by Crippen LogP contribution is -1.88. The zero-order chi connectivity index (χ0) is 16.0. The number of aromatic nitrogens is 4. The van der Waals surface area contributed by atoms with E-state index in [1.807, 2.05) is 18.2 Å². The van der Waals surface area contributed by atoms with Crippen molar-refractivity contribution < 1.29 is 4.39 Å². The van der Waals surface area contributed by atoms with Crippen LogP contribution in [-0.2, 0) is 0 Å². The Hall–Kier alpha value is -2.18. The summed E-state index contributed by atoms with van der Waals surface area (Å²) in [4.78, 5) is 15.0. The summed E-state index contributed by atoms with van der Waals surface area (Å²) in [6.07, 6.45) is 1.60. The first kappa shape index (κ1) is 14.4. The molecule has 0 fully saturated rings. The Labute approximate surface area is 143 Å². The van der Waals surface area contributed by atoms with Crippen LogP contribution in [0.4, 0.5) is 4.39 Å². The normalized spacial score (nSPS) is 11.3. The van der Waals surface area contributed by atoms with E-state index in [1.165, 1.54) is 6.07 Å². The molecular formula is C16H9BrClFN4. The van der Waals surface area contributed by atoms with Crippen LogP contribution in [0.15, 0.2) is 47.1 Å². The largest absolute Gasteiger partial charge is 0.337 e. The van der Waals surface area contributed by atoms with Crippen LogP contribution in [0.3, 0.4) is 0 Å². The van der Waals surface area contributed by atoms with Gasteiger partial charge >= 0.3 is 0 Å². The first-order chi connectivity index (χ1) is 11.1. The highest BCUT2D eigenvalue weighted by atomic mass is 79.9. The lowest BCUT2D eigenvalue weighted by Gasteiger charge is -2.01. The van der Waals surface area contributed by atoms with Gasteiger partial charge in [0.1, 0.15) is 17.3 Å². The maximum Gasteiger partial charge on any atom is 0.156 e. The first-order valence-electron chi connectivity index (χ1n) is 6.77. The molecule has 0 bridgehead atoms. The molecule has 0 radical (unpaired) electrons. The van der Waals surface area contributed by atoms with Crippen LogP contribution in [0, 0.1) is 5.82 Å². The second-order valence-corrected chi connectivity index (χ2v) is 6.31. The number of imidazole rings is 2. The summed E-state index contributed by atoms with van der Waals surface area (Å²) in [5.74, 6) is 0.570. The number of hydrogen-bond acceptors (Lipinski definition) is 2. The summed E-state index contributed by atoms with van der Waals surface area (Å²) < 4.78 is 14.9. The molecule has 2 aromatic heterocycles. The van der Waals surface area contributed by atoms with Crippen LogP contribution in [0.1, 0.15) is 0 Å². The smallest absolute Gasteiger partial charge is 0.156 e. The van der Waals surface area contributed by atoms with Gasteiger partial charge in [-0.3, -0.25) is 0 Å². The van der Waals surface area contributed by atoms with E-state index in [4.69, 9.17) is 11.6 Å². The van der Waals surface area contributed by atoms with Gasteiger partial charge in [0.05, 0.1) is 27.8 Å². The van der Waals surface area contributed by atoms with E-state index in [9.17, 15) is 4.39 Å². The molecule has 4 rings (SSSR count). The topological polar surface area (TPSA) is 57.4 Å². The van der Waals surface area contributed by atoms with Crippen LogP contribution >= 0.6 is 27.5 Å². The van der Waals surface area contributed by atoms with E-state index in [-0.39, 0.29) is 5.56 Å². The summed E-state index contributed by atoms with van der Waals surface area (Å²) in [6, 6.07) is 10.3. The Kier molecular flexibility index (Phi) is 3.43. The highest BCUT2D eigenvalue weighted by Crippen LogP contribution is 2.30. The minimum Gasteiger partial charge on any atom is -0.337 e. The van der Waals surface area contributed by atoms with Gasteiger partial charge in [0.15, 0.2) is 5.82 Å². The SMILES string of the molecule is Fc1cccc(Cl)c1-c1ncc(-c2nc3ccc(Br)cc3[nH]2)[nH]1. The molecule has 114 valence electrons. The molecule has 0 unspecified atom stereocenters. The summed E-state index contributed by atoms with van der Waals surface area (Å²) in [7, 11) is 0. The second-order valence-electron chi connectivity index (χ2n) is 4.99. The average molecular weight is 392 g/mol. The molecule has 7 heteroatoms. The Balaban J connectivity index is 1.80. The van der Waals surface area contributed by atoms with Gasteiger partial charge in [-0.05, 0) is 30.3 Å². The van der Waals surface area contributed by atoms with Gasteiger partial charge in [-0.25, -0.2) is 14.4 Å². The molecule has 0 atom stereocenters. The maximum absolute atomic E-state index is 14.0. The van der Waals surface area contributed by atoms with Gasteiger partial charge in [0.2, 0.25) is 0 Å². The Morgan fingerprint density at radius 1 is 1.09 bits per heavy atom. The number of nitrogens with zero attached hydrogens (tertiary/aromatic N) is 2. The van der Waals surface area contributed by atoms with Crippen molar-refractivity contribution in [2.75, 3.05) is 0 Å². The quantitative estimate of drug-likeness (QED) is 0.495. The molecule has 0 aliphatic heterocycles. The second kappa shape index (κ2) is 5.47. The molecule has 0 aliphatic carbocycles. The standard InChI is InChI=1S/C16H9BrClFN4/c17-8-4-5-11-12(6-8)22-15(21-11)13-7-20-16(23-13)14-9(18)2-1-3-10(14)19/h1-7H,(H,20,23)(H,21,22). The van der Waals surface area contributed by atoms with E-state index in [0.717, 1.165) is 15.5 Å². The van der Waals surface area contributed by atoms with E-state index >= 15 is 0 Å². The van der Waals surface area contributed by atoms with E-state index in [2.05, 4.69) is 35.9 Å². The van der Waals surface area contributed by atoms with Crippen molar-refractivity contribution in [2.45, 2.75) is 0 Å². The number of H-pyrrole nitrogens is 2. The maximum atomic E-state index is 14.0. The Morgan fingerprint density at radius 2 is 1.96 bits per heavy atom. The predicted octanol–water partition coefficient (Wildman–Crippen LogP) is 5.18. The van der Waals surface area contributed by atoms with Crippen molar-refractivity contribution in [1.29, 1.82) is 0 Å². The molecule has 23 heavy (non-hydrogen) atoms. The molecule has 4 aromatic rings. The van der Waals surface area contributed by atoms with Gasteiger partial charge in [0, 0.05) is 4.47 Å².